The van der Waals surface area contributed by atoms with Gasteiger partial charge < -0.3 is 15.4 Å². The second-order valence-corrected chi connectivity index (χ2v) is 10.7. The van der Waals surface area contributed by atoms with E-state index in [2.05, 4.69) is 17.6 Å². The standard InChI is InChI=1S/C31H28Cl2N2O3S/c1-2-3-19-38-25-14-10-23(11-15-25)35-31(37)29(21-7-5-4-6-8-21)39-26-16-12-24(13-17-26)34-30(36)27-18-9-22(32)20-28(27)33/h4-18,20,29H,2-3,19H2,1H3,(H,34,36)(H,35,37). The van der Waals surface area contributed by atoms with Crippen LogP contribution in [0.15, 0.2) is 102 Å². The molecule has 0 bridgehead atoms. The van der Waals surface area contributed by atoms with Crippen LogP contribution >= 0.6 is 35.0 Å². The lowest BCUT2D eigenvalue weighted by Gasteiger charge is -2.18. The molecule has 200 valence electrons. The molecule has 8 heteroatoms. The van der Waals surface area contributed by atoms with Crippen LogP contribution in [0.5, 0.6) is 5.75 Å². The van der Waals surface area contributed by atoms with Gasteiger partial charge in [0.05, 0.1) is 17.2 Å². The van der Waals surface area contributed by atoms with Crippen molar-refractivity contribution >= 4 is 58.2 Å². The van der Waals surface area contributed by atoms with E-state index in [0.717, 1.165) is 29.1 Å². The van der Waals surface area contributed by atoms with Crippen LogP contribution in [0.1, 0.15) is 40.9 Å². The summed E-state index contributed by atoms with van der Waals surface area (Å²) >= 11 is 13.5. The van der Waals surface area contributed by atoms with Gasteiger partial charge in [-0.1, -0.05) is 66.9 Å². The van der Waals surface area contributed by atoms with Crippen LogP contribution in [-0.2, 0) is 4.79 Å². The molecule has 0 spiro atoms. The molecule has 0 saturated heterocycles. The van der Waals surface area contributed by atoms with Crippen LogP contribution in [0, 0.1) is 0 Å². The van der Waals surface area contributed by atoms with E-state index in [1.165, 1.54) is 17.8 Å². The highest BCUT2D eigenvalue weighted by Gasteiger charge is 2.22. The third-order valence-electron chi connectivity index (χ3n) is 5.77. The summed E-state index contributed by atoms with van der Waals surface area (Å²) < 4.78 is 5.72. The fraction of sp³-hybridized carbons (Fsp3) is 0.161. The summed E-state index contributed by atoms with van der Waals surface area (Å²) in [5, 5.41) is 6.12. The maximum atomic E-state index is 13.4. The third kappa shape index (κ3) is 8.27. The van der Waals surface area contributed by atoms with Gasteiger partial charge in [-0.2, -0.15) is 0 Å². The molecule has 0 radical (unpaired) electrons. The summed E-state index contributed by atoms with van der Waals surface area (Å²) in [5.74, 6) is 0.307. The van der Waals surface area contributed by atoms with E-state index < -0.39 is 5.25 Å². The smallest absolute Gasteiger partial charge is 0.257 e. The van der Waals surface area contributed by atoms with Crippen LogP contribution in [0.3, 0.4) is 0 Å². The van der Waals surface area contributed by atoms with Crippen LogP contribution in [0.2, 0.25) is 10.0 Å². The van der Waals surface area contributed by atoms with E-state index >= 15 is 0 Å². The fourth-order valence-corrected chi connectivity index (χ4v) is 5.22. The van der Waals surface area contributed by atoms with Gasteiger partial charge >= 0.3 is 0 Å². The Bertz CT molecular complexity index is 1400. The fourth-order valence-electron chi connectivity index (χ4n) is 3.70. The summed E-state index contributed by atoms with van der Waals surface area (Å²) in [5.41, 5.74) is 2.52. The Balaban J connectivity index is 1.44. The number of hydrogen-bond donors (Lipinski definition) is 2. The molecule has 39 heavy (non-hydrogen) atoms. The van der Waals surface area contributed by atoms with Crippen molar-refractivity contribution in [2.75, 3.05) is 17.2 Å². The molecule has 0 aromatic heterocycles. The van der Waals surface area contributed by atoms with E-state index in [0.29, 0.717) is 28.6 Å². The van der Waals surface area contributed by atoms with Gasteiger partial charge in [-0.05, 0) is 78.7 Å². The Hall–Kier alpha value is -3.45. The van der Waals surface area contributed by atoms with Gasteiger partial charge in [-0.3, -0.25) is 9.59 Å². The minimum absolute atomic E-state index is 0.138. The van der Waals surface area contributed by atoms with Crippen LogP contribution in [0.25, 0.3) is 0 Å². The molecule has 4 rings (SSSR count). The maximum Gasteiger partial charge on any atom is 0.257 e. The van der Waals surface area contributed by atoms with Crippen molar-refractivity contribution in [3.8, 4) is 5.75 Å². The van der Waals surface area contributed by atoms with Gasteiger partial charge in [0.2, 0.25) is 5.91 Å². The van der Waals surface area contributed by atoms with Crippen molar-refractivity contribution in [3.63, 3.8) is 0 Å². The molecule has 4 aromatic carbocycles. The summed E-state index contributed by atoms with van der Waals surface area (Å²) in [4.78, 5) is 26.9. The van der Waals surface area contributed by atoms with Crippen molar-refractivity contribution in [2.24, 2.45) is 0 Å². The molecule has 4 aromatic rings. The molecule has 0 aliphatic heterocycles. The molecule has 2 N–H and O–H groups in total. The van der Waals surface area contributed by atoms with Gasteiger partial charge in [0.25, 0.3) is 5.91 Å². The predicted octanol–water partition coefficient (Wildman–Crippen LogP) is 8.90. The number of rotatable bonds is 11. The average Bonchev–Trinajstić information content (AvgIpc) is 2.94. The Morgan fingerprint density at radius 3 is 2.18 bits per heavy atom. The highest BCUT2D eigenvalue weighted by Crippen LogP contribution is 2.37. The van der Waals surface area contributed by atoms with Crippen LogP contribution in [0.4, 0.5) is 11.4 Å². The Morgan fingerprint density at radius 2 is 1.51 bits per heavy atom. The van der Waals surface area contributed by atoms with Crippen molar-refractivity contribution in [3.05, 3.63) is 118 Å². The molecule has 1 atom stereocenters. The number of unbranched alkanes of at least 4 members (excludes halogenated alkanes) is 1. The molecular formula is C31H28Cl2N2O3S. The van der Waals surface area contributed by atoms with Gasteiger partial charge in [0, 0.05) is 21.3 Å². The van der Waals surface area contributed by atoms with Crippen LogP contribution in [-0.4, -0.2) is 18.4 Å². The first-order valence-electron chi connectivity index (χ1n) is 12.5. The van der Waals surface area contributed by atoms with Gasteiger partial charge in [-0.25, -0.2) is 0 Å². The number of anilines is 2. The molecule has 5 nitrogen and oxygen atoms in total. The predicted molar refractivity (Wildman–Crippen MR) is 161 cm³/mol. The van der Waals surface area contributed by atoms with Crippen molar-refractivity contribution in [2.45, 2.75) is 29.9 Å². The Labute approximate surface area is 242 Å². The van der Waals surface area contributed by atoms with E-state index in [4.69, 9.17) is 27.9 Å². The zero-order valence-corrected chi connectivity index (χ0v) is 23.7. The summed E-state index contributed by atoms with van der Waals surface area (Å²) in [6.07, 6.45) is 2.07. The molecule has 0 fully saturated rings. The number of thioether (sulfide) groups is 1. The summed E-state index contributed by atoms with van der Waals surface area (Å²) in [6.45, 7) is 2.79. The van der Waals surface area contributed by atoms with Gasteiger partial charge in [0.1, 0.15) is 11.0 Å². The van der Waals surface area contributed by atoms with E-state index in [9.17, 15) is 9.59 Å². The number of hydrogen-bond acceptors (Lipinski definition) is 4. The summed E-state index contributed by atoms with van der Waals surface area (Å²) in [6, 6.07) is 29.1. The SMILES string of the molecule is CCCCOc1ccc(NC(=O)C(Sc2ccc(NC(=O)c3ccc(Cl)cc3Cl)cc2)c2ccccc2)cc1. The number of nitrogens with one attached hydrogen (secondary N) is 2. The number of amides is 2. The van der Waals surface area contributed by atoms with Crippen molar-refractivity contribution in [1.29, 1.82) is 0 Å². The number of ether oxygens (including phenoxy) is 1. The van der Waals surface area contributed by atoms with Crippen molar-refractivity contribution < 1.29 is 14.3 Å². The lowest BCUT2D eigenvalue weighted by molar-refractivity contribution is -0.115. The quantitative estimate of drug-likeness (QED) is 0.138. The maximum absolute atomic E-state index is 13.4. The second kappa shape index (κ2) is 14.1. The highest BCUT2D eigenvalue weighted by molar-refractivity contribution is 8.00. The number of carbonyl (C=O) groups excluding carboxylic acids is 2. The molecule has 1 unspecified atom stereocenters. The topological polar surface area (TPSA) is 67.4 Å². The van der Waals surface area contributed by atoms with Crippen molar-refractivity contribution in [1.82, 2.24) is 0 Å². The largest absolute Gasteiger partial charge is 0.494 e. The second-order valence-electron chi connectivity index (χ2n) is 8.73. The summed E-state index contributed by atoms with van der Waals surface area (Å²) in [7, 11) is 0. The zero-order chi connectivity index (χ0) is 27.6. The molecule has 0 heterocycles. The van der Waals surface area contributed by atoms with E-state index in [1.54, 1.807) is 24.3 Å². The first-order valence-corrected chi connectivity index (χ1v) is 14.2. The first kappa shape index (κ1) is 28.6. The average molecular weight is 580 g/mol. The number of halogens is 2. The zero-order valence-electron chi connectivity index (χ0n) is 21.3. The third-order valence-corrected chi connectivity index (χ3v) is 7.58. The van der Waals surface area contributed by atoms with Gasteiger partial charge in [0.15, 0.2) is 0 Å². The molecule has 0 aliphatic rings. The monoisotopic (exact) mass is 578 g/mol. The molecule has 2 amide bonds. The number of benzene rings is 4. The normalized spacial score (nSPS) is 11.5. The first-order chi connectivity index (χ1) is 18.9. The van der Waals surface area contributed by atoms with Crippen LogP contribution < -0.4 is 15.4 Å². The van der Waals surface area contributed by atoms with E-state index in [-0.39, 0.29) is 16.8 Å². The Morgan fingerprint density at radius 1 is 0.846 bits per heavy atom. The lowest BCUT2D eigenvalue weighted by Crippen LogP contribution is -2.19. The number of carbonyl (C=O) groups is 2. The lowest BCUT2D eigenvalue weighted by atomic mass is 10.1. The minimum atomic E-state index is -0.486. The molecule has 0 saturated carbocycles. The molecule has 0 aliphatic carbocycles. The minimum Gasteiger partial charge on any atom is -0.494 e. The van der Waals surface area contributed by atoms with E-state index in [1.807, 2.05) is 66.7 Å². The Kier molecular flexibility index (Phi) is 10.3. The highest BCUT2D eigenvalue weighted by atomic mass is 35.5. The molecular weight excluding hydrogens is 551 g/mol. The van der Waals surface area contributed by atoms with Gasteiger partial charge in [-0.15, -0.1) is 11.8 Å².